The van der Waals surface area contributed by atoms with Crippen LogP contribution in [0.25, 0.3) is 44.7 Å². The van der Waals surface area contributed by atoms with E-state index in [1.165, 1.54) is 43.2 Å². The van der Waals surface area contributed by atoms with Crippen molar-refractivity contribution in [1.29, 1.82) is 0 Å². The first kappa shape index (κ1) is 22.1. The van der Waals surface area contributed by atoms with Gasteiger partial charge in [-0.2, -0.15) is 0 Å². The second kappa shape index (κ2) is 8.34. The molecule has 5 heterocycles. The largest absolute Gasteiger partial charge is 0.341 e. The van der Waals surface area contributed by atoms with Gasteiger partial charge in [-0.05, 0) is 78.8 Å². The van der Waals surface area contributed by atoms with E-state index in [9.17, 15) is 0 Å². The number of piperidine rings is 1. The van der Waals surface area contributed by atoms with E-state index in [1.54, 1.807) is 0 Å². The van der Waals surface area contributed by atoms with E-state index in [0.717, 1.165) is 63.1 Å². The van der Waals surface area contributed by atoms with Crippen LogP contribution >= 0.6 is 0 Å². The number of hydrogen-bond acceptors (Lipinski definition) is 5. The van der Waals surface area contributed by atoms with Gasteiger partial charge in [-0.15, -0.1) is 0 Å². The molecule has 5 aromatic rings. The van der Waals surface area contributed by atoms with Crippen molar-refractivity contribution in [3.05, 3.63) is 78.6 Å². The summed E-state index contributed by atoms with van der Waals surface area (Å²) in [6.07, 6.45) is 10.3. The lowest BCUT2D eigenvalue weighted by Gasteiger charge is -2.29. The molecule has 3 aromatic heterocycles. The molecule has 7 nitrogen and oxygen atoms in total. The molecule has 2 aliphatic heterocycles. The number of hydrogen-bond donors (Lipinski definition) is 4. The average molecular weight is 514 g/mol. The van der Waals surface area contributed by atoms with E-state index >= 15 is 0 Å². The highest BCUT2D eigenvalue weighted by Gasteiger charge is 2.46. The maximum absolute atomic E-state index is 4.95. The van der Waals surface area contributed by atoms with Gasteiger partial charge in [0.1, 0.15) is 11.6 Å². The Balaban J connectivity index is 0.931. The molecule has 194 valence electrons. The van der Waals surface area contributed by atoms with Gasteiger partial charge in [0, 0.05) is 17.5 Å². The van der Waals surface area contributed by atoms with Gasteiger partial charge in [-0.3, -0.25) is 0 Å². The molecule has 4 aliphatic rings. The molecule has 7 heteroatoms. The zero-order valence-electron chi connectivity index (χ0n) is 21.7. The quantitative estimate of drug-likeness (QED) is 0.234. The van der Waals surface area contributed by atoms with E-state index < -0.39 is 0 Å². The van der Waals surface area contributed by atoms with Crippen molar-refractivity contribution in [3.63, 3.8) is 0 Å². The van der Waals surface area contributed by atoms with Crippen LogP contribution in [0.1, 0.15) is 55.8 Å². The molecule has 2 saturated carbocycles. The number of pyridine rings is 1. The Morgan fingerprint density at radius 3 is 2.05 bits per heavy atom. The Kier molecular flexibility index (Phi) is 4.72. The van der Waals surface area contributed by atoms with Crippen LogP contribution in [0.15, 0.2) is 67.0 Å². The molecule has 0 radical (unpaired) electrons. The summed E-state index contributed by atoms with van der Waals surface area (Å²) < 4.78 is 0. The highest BCUT2D eigenvalue weighted by atomic mass is 15.1. The lowest BCUT2D eigenvalue weighted by Crippen LogP contribution is -2.35. The van der Waals surface area contributed by atoms with Crippen molar-refractivity contribution in [3.8, 4) is 33.8 Å². The van der Waals surface area contributed by atoms with Gasteiger partial charge in [-0.1, -0.05) is 36.4 Å². The summed E-state index contributed by atoms with van der Waals surface area (Å²) >= 11 is 0. The molecule has 39 heavy (non-hydrogen) atoms. The molecule has 4 N–H and O–H groups in total. The Hall–Kier alpha value is -3.81. The molecule has 6 atom stereocenters. The van der Waals surface area contributed by atoms with E-state index in [1.807, 2.05) is 12.4 Å². The molecule has 2 aromatic carbocycles. The van der Waals surface area contributed by atoms with Gasteiger partial charge in [0.15, 0.2) is 0 Å². The van der Waals surface area contributed by atoms with Gasteiger partial charge in [0.05, 0.1) is 47.1 Å². The maximum atomic E-state index is 4.95. The van der Waals surface area contributed by atoms with Crippen molar-refractivity contribution in [1.82, 2.24) is 35.6 Å². The lowest BCUT2D eigenvalue weighted by atomic mass is 9.80. The number of H-pyrrole nitrogens is 2. The van der Waals surface area contributed by atoms with E-state index in [0.29, 0.717) is 18.1 Å². The SMILES string of the molecule is c1cc(-c2cnc([C@@H]3C[C@H]4C[C@H]4N3)[nH]2)ccc1-c1ccc2nc(-c3cnc([C@@H]4C[C@H]5CC[C@H]5N4)[nH]3)ccc2c1. The third-order valence-corrected chi connectivity index (χ3v) is 9.59. The molecule has 2 saturated heterocycles. The summed E-state index contributed by atoms with van der Waals surface area (Å²) in [6.45, 7) is 0. The normalized spacial score (nSPS) is 28.8. The zero-order valence-corrected chi connectivity index (χ0v) is 21.7. The molecule has 2 aliphatic carbocycles. The topological polar surface area (TPSA) is 94.3 Å². The molecule has 0 spiro atoms. The smallest absolute Gasteiger partial charge is 0.123 e. The molecule has 0 unspecified atom stereocenters. The average Bonchev–Trinajstić information content (AvgIpc) is 3.46. The first-order chi connectivity index (χ1) is 19.2. The number of benzene rings is 2. The molecule has 0 bridgehead atoms. The van der Waals surface area contributed by atoms with Crippen molar-refractivity contribution in [2.45, 2.75) is 56.3 Å². The van der Waals surface area contributed by atoms with Crippen LogP contribution in [-0.2, 0) is 0 Å². The Bertz CT molecular complexity index is 1680. The Morgan fingerprint density at radius 2 is 1.33 bits per heavy atom. The number of nitrogens with zero attached hydrogens (tertiary/aromatic N) is 3. The maximum Gasteiger partial charge on any atom is 0.123 e. The summed E-state index contributed by atoms with van der Waals surface area (Å²) in [5, 5.41) is 8.54. The fourth-order valence-corrected chi connectivity index (χ4v) is 7.02. The summed E-state index contributed by atoms with van der Waals surface area (Å²) in [7, 11) is 0. The van der Waals surface area contributed by atoms with Crippen LogP contribution in [0.2, 0.25) is 0 Å². The van der Waals surface area contributed by atoms with Gasteiger partial charge in [-0.25, -0.2) is 15.0 Å². The molecule has 9 rings (SSSR count). The van der Waals surface area contributed by atoms with Crippen LogP contribution in [0.4, 0.5) is 0 Å². The number of rotatable bonds is 5. The van der Waals surface area contributed by atoms with Crippen molar-refractivity contribution >= 4 is 10.9 Å². The van der Waals surface area contributed by atoms with Crippen molar-refractivity contribution in [2.75, 3.05) is 0 Å². The standard InChI is InChI=1S/C32H31N7/c1-3-18(29-15-33-31(38-29)28-14-22-13-26(22)37-28)4-2-17(1)19-5-8-23-20(11-19)7-10-25(35-23)30-16-34-32(39-30)27-12-21-6-9-24(21)36-27/h1-5,7-8,10-11,15-16,21-22,24,26-28,36-37H,6,9,12-14H2,(H,33,38)(H,34,39)/t21-,22-,24-,26-,27+,28+/m1/s1. The second-order valence-electron chi connectivity index (χ2n) is 12.0. The van der Waals surface area contributed by atoms with Crippen LogP contribution in [0.3, 0.4) is 0 Å². The minimum absolute atomic E-state index is 0.343. The first-order valence-electron chi connectivity index (χ1n) is 14.4. The van der Waals surface area contributed by atoms with Gasteiger partial charge < -0.3 is 20.6 Å². The van der Waals surface area contributed by atoms with Crippen LogP contribution in [0, 0.1) is 11.8 Å². The van der Waals surface area contributed by atoms with E-state index in [2.05, 4.69) is 80.2 Å². The minimum atomic E-state index is 0.343. The third-order valence-electron chi connectivity index (χ3n) is 9.59. The summed E-state index contributed by atoms with van der Waals surface area (Å²) in [5.41, 5.74) is 7.52. The lowest BCUT2D eigenvalue weighted by molar-refractivity contribution is 0.276. The monoisotopic (exact) mass is 513 g/mol. The number of aromatic amines is 2. The number of fused-ring (bicyclic) bond motifs is 3. The fraction of sp³-hybridized carbons (Fsp3) is 0.344. The minimum Gasteiger partial charge on any atom is -0.341 e. The van der Waals surface area contributed by atoms with Gasteiger partial charge >= 0.3 is 0 Å². The van der Waals surface area contributed by atoms with Crippen molar-refractivity contribution in [2.24, 2.45) is 11.8 Å². The molecular weight excluding hydrogens is 482 g/mol. The molecule has 4 fully saturated rings. The highest BCUT2D eigenvalue weighted by Crippen LogP contribution is 2.45. The highest BCUT2D eigenvalue weighted by molar-refractivity contribution is 5.86. The third kappa shape index (κ3) is 3.75. The number of nitrogens with one attached hydrogen (secondary N) is 4. The van der Waals surface area contributed by atoms with Crippen LogP contribution < -0.4 is 10.6 Å². The fourth-order valence-electron chi connectivity index (χ4n) is 7.02. The molecule has 0 amide bonds. The predicted octanol–water partition coefficient (Wildman–Crippen LogP) is 5.92. The number of aromatic nitrogens is 5. The van der Waals surface area contributed by atoms with Crippen LogP contribution in [0.5, 0.6) is 0 Å². The number of imidazole rings is 2. The van der Waals surface area contributed by atoms with Crippen molar-refractivity contribution < 1.29 is 0 Å². The zero-order chi connectivity index (χ0) is 25.5. The Labute approximate surface area is 226 Å². The summed E-state index contributed by atoms with van der Waals surface area (Å²) in [4.78, 5) is 21.4. The second-order valence-corrected chi connectivity index (χ2v) is 12.0. The first-order valence-corrected chi connectivity index (χ1v) is 14.4. The molecular formula is C32H31N7. The van der Waals surface area contributed by atoms with Gasteiger partial charge in [0.2, 0.25) is 0 Å². The predicted molar refractivity (Wildman–Crippen MR) is 152 cm³/mol. The van der Waals surface area contributed by atoms with E-state index in [4.69, 9.17) is 9.97 Å². The summed E-state index contributed by atoms with van der Waals surface area (Å²) in [6, 6.07) is 21.6. The van der Waals surface area contributed by atoms with Gasteiger partial charge in [0.25, 0.3) is 0 Å². The Morgan fingerprint density at radius 1 is 0.615 bits per heavy atom. The summed E-state index contributed by atoms with van der Waals surface area (Å²) in [5.74, 6) is 3.80. The van der Waals surface area contributed by atoms with Crippen LogP contribution in [-0.4, -0.2) is 37.0 Å². The van der Waals surface area contributed by atoms with E-state index in [-0.39, 0.29) is 0 Å².